The number of hydrogen-bond acceptors (Lipinski definition) is 2. The van der Waals surface area contributed by atoms with E-state index in [0.717, 1.165) is 25.3 Å². The summed E-state index contributed by atoms with van der Waals surface area (Å²) in [6.45, 7) is 0. The van der Waals surface area contributed by atoms with E-state index in [4.69, 9.17) is 0 Å². The Morgan fingerprint density at radius 1 is 1.18 bits per heavy atom. The zero-order chi connectivity index (χ0) is 15.6. The standard InChI is InChI=1S/C18H19F2NS/c1-21-18(10-4-6-13-5-2-3-7-16(13)18)22-12-14-11-15(19)8-9-17(14)20/h2-3,5,7-9,11,21H,4,6,10,12H2,1H3. The van der Waals surface area contributed by atoms with E-state index in [0.29, 0.717) is 11.3 Å². The van der Waals surface area contributed by atoms with Crippen LogP contribution in [0.25, 0.3) is 0 Å². The van der Waals surface area contributed by atoms with Crippen molar-refractivity contribution in [2.45, 2.75) is 29.9 Å². The molecule has 2 aromatic carbocycles. The highest BCUT2D eigenvalue weighted by Crippen LogP contribution is 2.44. The van der Waals surface area contributed by atoms with Gasteiger partial charge in [0.1, 0.15) is 11.6 Å². The summed E-state index contributed by atoms with van der Waals surface area (Å²) in [6, 6.07) is 12.0. The highest BCUT2D eigenvalue weighted by Gasteiger charge is 2.35. The van der Waals surface area contributed by atoms with E-state index >= 15 is 0 Å². The molecule has 1 aliphatic carbocycles. The molecule has 0 saturated carbocycles. The Labute approximate surface area is 134 Å². The van der Waals surface area contributed by atoms with Crippen molar-refractivity contribution in [2.24, 2.45) is 0 Å². The van der Waals surface area contributed by atoms with Gasteiger partial charge in [0.25, 0.3) is 0 Å². The minimum atomic E-state index is -0.389. The molecule has 2 aromatic rings. The first-order valence-corrected chi connectivity index (χ1v) is 8.48. The van der Waals surface area contributed by atoms with E-state index in [2.05, 4.69) is 23.5 Å². The van der Waals surface area contributed by atoms with Gasteiger partial charge in [0.05, 0.1) is 4.87 Å². The Morgan fingerprint density at radius 2 is 2.00 bits per heavy atom. The van der Waals surface area contributed by atoms with E-state index in [9.17, 15) is 8.78 Å². The number of rotatable bonds is 4. The van der Waals surface area contributed by atoms with Crippen LogP contribution in [-0.2, 0) is 17.0 Å². The van der Waals surface area contributed by atoms with E-state index in [1.807, 2.05) is 13.1 Å². The second kappa shape index (κ2) is 6.39. The molecule has 1 atom stereocenters. The first kappa shape index (κ1) is 15.5. The third-order valence-electron chi connectivity index (χ3n) is 4.31. The molecule has 3 rings (SSSR count). The van der Waals surface area contributed by atoms with Gasteiger partial charge in [-0.15, -0.1) is 11.8 Å². The Morgan fingerprint density at radius 3 is 2.82 bits per heavy atom. The predicted molar refractivity (Wildman–Crippen MR) is 87.8 cm³/mol. The predicted octanol–water partition coefficient (Wildman–Crippen LogP) is 4.61. The summed E-state index contributed by atoms with van der Waals surface area (Å²) in [5.74, 6) is -0.289. The SMILES string of the molecule is CNC1(SCc2cc(F)ccc2F)CCCc2ccccc21. The van der Waals surface area contributed by atoms with Crippen molar-refractivity contribution < 1.29 is 8.78 Å². The number of halogens is 2. The Bertz CT molecular complexity index is 674. The fourth-order valence-electron chi connectivity index (χ4n) is 3.13. The summed E-state index contributed by atoms with van der Waals surface area (Å²) in [6.07, 6.45) is 3.16. The van der Waals surface area contributed by atoms with Gasteiger partial charge in [0, 0.05) is 11.3 Å². The molecule has 1 aliphatic rings. The van der Waals surface area contributed by atoms with Crippen LogP contribution in [0.2, 0.25) is 0 Å². The number of thioether (sulfide) groups is 1. The maximum Gasteiger partial charge on any atom is 0.127 e. The van der Waals surface area contributed by atoms with Crippen LogP contribution in [0.15, 0.2) is 42.5 Å². The first-order chi connectivity index (χ1) is 10.6. The van der Waals surface area contributed by atoms with Crippen molar-refractivity contribution in [2.75, 3.05) is 7.05 Å². The maximum atomic E-state index is 13.8. The van der Waals surface area contributed by atoms with Crippen LogP contribution in [0.4, 0.5) is 8.78 Å². The Balaban J connectivity index is 1.88. The van der Waals surface area contributed by atoms with E-state index in [1.54, 1.807) is 11.8 Å². The van der Waals surface area contributed by atoms with Crippen LogP contribution >= 0.6 is 11.8 Å². The number of benzene rings is 2. The zero-order valence-corrected chi connectivity index (χ0v) is 13.4. The molecular weight excluding hydrogens is 300 g/mol. The second-order valence-electron chi connectivity index (χ2n) is 5.61. The van der Waals surface area contributed by atoms with Crippen molar-refractivity contribution in [3.63, 3.8) is 0 Å². The van der Waals surface area contributed by atoms with Gasteiger partial charge < -0.3 is 5.32 Å². The summed E-state index contributed by atoms with van der Waals surface area (Å²) >= 11 is 1.65. The van der Waals surface area contributed by atoms with Crippen LogP contribution in [0, 0.1) is 11.6 Å². The average Bonchev–Trinajstić information content (AvgIpc) is 2.55. The minimum absolute atomic E-state index is 0.229. The molecule has 0 fully saturated rings. The highest BCUT2D eigenvalue weighted by atomic mass is 32.2. The molecule has 0 saturated heterocycles. The molecule has 4 heteroatoms. The monoisotopic (exact) mass is 319 g/mol. The fraction of sp³-hybridized carbons (Fsp3) is 0.333. The van der Waals surface area contributed by atoms with Crippen molar-refractivity contribution in [3.05, 3.63) is 70.8 Å². The molecule has 22 heavy (non-hydrogen) atoms. The van der Waals surface area contributed by atoms with Gasteiger partial charge in [-0.25, -0.2) is 8.78 Å². The lowest BCUT2D eigenvalue weighted by Gasteiger charge is -2.38. The lowest BCUT2D eigenvalue weighted by Crippen LogP contribution is -2.40. The molecular formula is C18H19F2NS. The summed E-state index contributed by atoms with van der Waals surface area (Å²) in [5, 5.41) is 3.42. The van der Waals surface area contributed by atoms with Crippen molar-refractivity contribution >= 4 is 11.8 Å². The molecule has 1 N–H and O–H groups in total. The number of hydrogen-bond donors (Lipinski definition) is 1. The second-order valence-corrected chi connectivity index (χ2v) is 6.89. The number of fused-ring (bicyclic) bond motifs is 1. The van der Waals surface area contributed by atoms with Gasteiger partial charge in [0.2, 0.25) is 0 Å². The van der Waals surface area contributed by atoms with Crippen molar-refractivity contribution in [1.29, 1.82) is 0 Å². The Kier molecular flexibility index (Phi) is 4.50. The number of aryl methyl sites for hydroxylation is 1. The topological polar surface area (TPSA) is 12.0 Å². The molecule has 0 spiro atoms. The van der Waals surface area contributed by atoms with E-state index in [-0.39, 0.29) is 16.5 Å². The lowest BCUT2D eigenvalue weighted by atomic mass is 9.87. The van der Waals surface area contributed by atoms with Gasteiger partial charge in [-0.1, -0.05) is 24.3 Å². The normalized spacial score (nSPS) is 20.7. The van der Waals surface area contributed by atoms with Gasteiger partial charge in [-0.05, 0) is 55.6 Å². The molecule has 0 radical (unpaired) electrons. The average molecular weight is 319 g/mol. The summed E-state index contributed by atoms with van der Waals surface area (Å²) < 4.78 is 27.2. The molecule has 1 nitrogen and oxygen atoms in total. The molecule has 116 valence electrons. The third-order valence-corrected chi connectivity index (χ3v) is 5.89. The van der Waals surface area contributed by atoms with Crippen LogP contribution < -0.4 is 5.32 Å². The van der Waals surface area contributed by atoms with Gasteiger partial charge in [0.15, 0.2) is 0 Å². The van der Waals surface area contributed by atoms with E-state index in [1.165, 1.54) is 23.3 Å². The smallest absolute Gasteiger partial charge is 0.127 e. The summed E-state index contributed by atoms with van der Waals surface area (Å²) in [7, 11) is 1.94. The quantitative estimate of drug-likeness (QED) is 0.826. The molecule has 0 aromatic heterocycles. The van der Waals surface area contributed by atoms with Gasteiger partial charge >= 0.3 is 0 Å². The molecule has 0 aliphatic heterocycles. The van der Waals surface area contributed by atoms with Crippen molar-refractivity contribution in [1.82, 2.24) is 5.32 Å². The molecule has 0 amide bonds. The third kappa shape index (κ3) is 2.90. The van der Waals surface area contributed by atoms with E-state index < -0.39 is 0 Å². The zero-order valence-electron chi connectivity index (χ0n) is 12.5. The maximum absolute atomic E-state index is 13.8. The van der Waals surface area contributed by atoms with Gasteiger partial charge in [-0.3, -0.25) is 0 Å². The number of nitrogens with one attached hydrogen (secondary N) is 1. The lowest BCUT2D eigenvalue weighted by molar-refractivity contribution is 0.448. The van der Waals surface area contributed by atoms with Gasteiger partial charge in [-0.2, -0.15) is 0 Å². The summed E-state index contributed by atoms with van der Waals surface area (Å²) in [5.41, 5.74) is 3.03. The van der Waals surface area contributed by atoms with Crippen LogP contribution in [0.1, 0.15) is 29.5 Å². The van der Waals surface area contributed by atoms with Crippen molar-refractivity contribution in [3.8, 4) is 0 Å². The minimum Gasteiger partial charge on any atom is -0.302 e. The largest absolute Gasteiger partial charge is 0.302 e. The molecule has 0 bridgehead atoms. The van der Waals surface area contributed by atoms with Crippen LogP contribution in [-0.4, -0.2) is 7.05 Å². The van der Waals surface area contributed by atoms with Crippen LogP contribution in [0.5, 0.6) is 0 Å². The molecule has 0 heterocycles. The van der Waals surface area contributed by atoms with Crippen LogP contribution in [0.3, 0.4) is 0 Å². The Hall–Kier alpha value is -1.39. The fourth-order valence-corrected chi connectivity index (χ4v) is 4.54. The first-order valence-electron chi connectivity index (χ1n) is 7.50. The molecule has 1 unspecified atom stereocenters. The highest BCUT2D eigenvalue weighted by molar-refractivity contribution is 7.99. The summed E-state index contributed by atoms with van der Waals surface area (Å²) in [4.78, 5) is -0.229.